The van der Waals surface area contributed by atoms with Gasteiger partial charge in [-0.15, -0.1) is 0 Å². The van der Waals surface area contributed by atoms with E-state index < -0.39 is 0 Å². The average molecular weight is 305 g/mol. The molecule has 1 fully saturated rings. The smallest absolute Gasteiger partial charge is 0.317 e. The SMILES string of the molecule is CCOC1CC(NC(=O)N(C)C(C)c2ccncc2)C1(C)C. The van der Waals surface area contributed by atoms with Crippen LogP contribution >= 0.6 is 0 Å². The maximum absolute atomic E-state index is 12.5. The summed E-state index contributed by atoms with van der Waals surface area (Å²) >= 11 is 0. The van der Waals surface area contributed by atoms with Gasteiger partial charge in [0, 0.05) is 37.5 Å². The number of nitrogens with zero attached hydrogens (tertiary/aromatic N) is 2. The monoisotopic (exact) mass is 305 g/mol. The number of amides is 2. The molecule has 0 spiro atoms. The number of pyridine rings is 1. The molecule has 5 nitrogen and oxygen atoms in total. The fourth-order valence-corrected chi connectivity index (χ4v) is 2.91. The highest BCUT2D eigenvalue weighted by molar-refractivity contribution is 5.75. The second kappa shape index (κ2) is 6.65. The van der Waals surface area contributed by atoms with Crippen LogP contribution in [0.5, 0.6) is 0 Å². The van der Waals surface area contributed by atoms with Crippen LogP contribution in [0.4, 0.5) is 4.79 Å². The third kappa shape index (κ3) is 3.24. The third-order valence-electron chi connectivity index (χ3n) is 4.93. The van der Waals surface area contributed by atoms with E-state index in [-0.39, 0.29) is 29.6 Å². The molecule has 0 aromatic carbocycles. The Balaban J connectivity index is 1.93. The molecular weight excluding hydrogens is 278 g/mol. The first kappa shape index (κ1) is 16.7. The Bertz CT molecular complexity index is 504. The average Bonchev–Trinajstić information content (AvgIpc) is 2.53. The first-order valence-corrected chi connectivity index (χ1v) is 7.92. The van der Waals surface area contributed by atoms with Crippen LogP contribution in [0.25, 0.3) is 0 Å². The molecule has 1 saturated carbocycles. The Morgan fingerprint density at radius 2 is 2.14 bits per heavy atom. The van der Waals surface area contributed by atoms with Gasteiger partial charge in [-0.2, -0.15) is 0 Å². The summed E-state index contributed by atoms with van der Waals surface area (Å²) in [6.07, 6.45) is 4.61. The van der Waals surface area contributed by atoms with E-state index in [0.29, 0.717) is 6.61 Å². The largest absolute Gasteiger partial charge is 0.378 e. The number of rotatable bonds is 5. The van der Waals surface area contributed by atoms with Crippen molar-refractivity contribution < 1.29 is 9.53 Å². The van der Waals surface area contributed by atoms with E-state index in [9.17, 15) is 4.79 Å². The molecule has 5 heteroatoms. The van der Waals surface area contributed by atoms with Crippen LogP contribution < -0.4 is 5.32 Å². The molecule has 1 aliphatic rings. The van der Waals surface area contributed by atoms with Crippen LogP contribution in [0, 0.1) is 5.41 Å². The summed E-state index contributed by atoms with van der Waals surface area (Å²) in [5.41, 5.74) is 1.06. The summed E-state index contributed by atoms with van der Waals surface area (Å²) < 4.78 is 5.71. The van der Waals surface area contributed by atoms with Crippen molar-refractivity contribution in [3.05, 3.63) is 30.1 Å². The first-order valence-electron chi connectivity index (χ1n) is 7.92. The number of hydrogen-bond acceptors (Lipinski definition) is 3. The lowest BCUT2D eigenvalue weighted by Gasteiger charge is -2.52. The standard InChI is InChI=1S/C17H27N3O2/c1-6-22-15-11-14(17(15,3)4)19-16(21)20(5)12(2)13-7-9-18-10-8-13/h7-10,12,14-15H,6,11H2,1-5H3,(H,19,21). The van der Waals surface area contributed by atoms with Gasteiger partial charge in [-0.1, -0.05) is 13.8 Å². The zero-order chi connectivity index (χ0) is 16.3. The summed E-state index contributed by atoms with van der Waals surface area (Å²) in [6, 6.07) is 3.99. The first-order chi connectivity index (χ1) is 10.4. The van der Waals surface area contributed by atoms with Crippen LogP contribution in [0.2, 0.25) is 0 Å². The number of carbonyl (C=O) groups is 1. The second-order valence-corrected chi connectivity index (χ2v) is 6.57. The van der Waals surface area contributed by atoms with Gasteiger partial charge in [-0.3, -0.25) is 4.98 Å². The van der Waals surface area contributed by atoms with Crippen LogP contribution in [0.15, 0.2) is 24.5 Å². The van der Waals surface area contributed by atoms with Crippen LogP contribution in [0.3, 0.4) is 0 Å². The van der Waals surface area contributed by atoms with E-state index in [1.165, 1.54) is 0 Å². The molecule has 1 aliphatic carbocycles. The molecule has 1 aromatic rings. The van der Waals surface area contributed by atoms with Crippen molar-refractivity contribution in [2.75, 3.05) is 13.7 Å². The highest BCUT2D eigenvalue weighted by Gasteiger charge is 2.49. The maximum Gasteiger partial charge on any atom is 0.317 e. The number of aromatic nitrogens is 1. The van der Waals surface area contributed by atoms with Crippen LogP contribution in [-0.4, -0.2) is 41.7 Å². The number of nitrogens with one attached hydrogen (secondary N) is 1. The normalized spacial score (nSPS) is 24.2. The molecule has 2 rings (SSSR count). The van der Waals surface area contributed by atoms with Crippen molar-refractivity contribution in [1.29, 1.82) is 0 Å². The van der Waals surface area contributed by atoms with Gasteiger partial charge in [0.1, 0.15) is 0 Å². The van der Waals surface area contributed by atoms with Gasteiger partial charge in [0.2, 0.25) is 0 Å². The summed E-state index contributed by atoms with van der Waals surface area (Å²) in [6.45, 7) is 9.03. The molecule has 0 radical (unpaired) electrons. The quantitative estimate of drug-likeness (QED) is 0.910. The van der Waals surface area contributed by atoms with E-state index in [0.717, 1.165) is 12.0 Å². The predicted octanol–water partition coefficient (Wildman–Crippen LogP) is 2.99. The Morgan fingerprint density at radius 1 is 1.50 bits per heavy atom. The predicted molar refractivity (Wildman–Crippen MR) is 86.5 cm³/mol. The molecule has 0 saturated heterocycles. The van der Waals surface area contributed by atoms with E-state index in [2.05, 4.69) is 24.1 Å². The number of urea groups is 1. The van der Waals surface area contributed by atoms with Crippen LogP contribution in [-0.2, 0) is 4.74 Å². The van der Waals surface area contributed by atoms with Crippen LogP contribution in [0.1, 0.15) is 45.7 Å². The van der Waals surface area contributed by atoms with E-state index in [4.69, 9.17) is 4.74 Å². The molecule has 3 atom stereocenters. The Hall–Kier alpha value is -1.62. The minimum Gasteiger partial charge on any atom is -0.378 e. The third-order valence-corrected chi connectivity index (χ3v) is 4.93. The molecule has 22 heavy (non-hydrogen) atoms. The van der Waals surface area contributed by atoms with Gasteiger partial charge in [-0.05, 0) is 38.0 Å². The van der Waals surface area contributed by atoms with Gasteiger partial charge in [0.25, 0.3) is 0 Å². The molecule has 122 valence electrons. The molecule has 1 aromatic heterocycles. The number of ether oxygens (including phenoxy) is 1. The van der Waals surface area contributed by atoms with Gasteiger partial charge >= 0.3 is 6.03 Å². The molecule has 3 unspecified atom stereocenters. The van der Waals surface area contributed by atoms with Gasteiger partial charge in [-0.25, -0.2) is 4.79 Å². The molecule has 0 bridgehead atoms. The summed E-state index contributed by atoms with van der Waals surface area (Å²) in [7, 11) is 1.83. The highest BCUT2D eigenvalue weighted by Crippen LogP contribution is 2.42. The van der Waals surface area contributed by atoms with Crippen molar-refractivity contribution in [3.63, 3.8) is 0 Å². The van der Waals surface area contributed by atoms with E-state index in [1.807, 2.05) is 33.0 Å². The van der Waals surface area contributed by atoms with E-state index >= 15 is 0 Å². The summed E-state index contributed by atoms with van der Waals surface area (Å²) in [5, 5.41) is 3.14. The zero-order valence-corrected chi connectivity index (χ0v) is 14.2. The van der Waals surface area contributed by atoms with Gasteiger partial charge < -0.3 is 15.0 Å². The highest BCUT2D eigenvalue weighted by atomic mass is 16.5. The van der Waals surface area contributed by atoms with Gasteiger partial charge in [0.15, 0.2) is 0 Å². The Labute approximate surface area is 133 Å². The maximum atomic E-state index is 12.5. The van der Waals surface area contributed by atoms with Crippen molar-refractivity contribution in [1.82, 2.24) is 15.2 Å². The lowest BCUT2D eigenvalue weighted by Crippen LogP contribution is -2.63. The number of hydrogen-bond donors (Lipinski definition) is 1. The fourth-order valence-electron chi connectivity index (χ4n) is 2.91. The van der Waals surface area contributed by atoms with Crippen molar-refractivity contribution in [2.24, 2.45) is 5.41 Å². The molecule has 2 amide bonds. The number of carbonyl (C=O) groups excluding carboxylic acids is 1. The summed E-state index contributed by atoms with van der Waals surface area (Å²) in [5.74, 6) is 0. The molecular formula is C17H27N3O2. The second-order valence-electron chi connectivity index (χ2n) is 6.57. The van der Waals surface area contributed by atoms with Gasteiger partial charge in [0.05, 0.1) is 12.1 Å². The summed E-state index contributed by atoms with van der Waals surface area (Å²) in [4.78, 5) is 18.2. The minimum absolute atomic E-state index is 0.00822. The molecule has 1 N–H and O–H groups in total. The lowest BCUT2D eigenvalue weighted by atomic mass is 9.64. The minimum atomic E-state index is -0.0441. The lowest BCUT2D eigenvalue weighted by molar-refractivity contribution is -0.111. The Morgan fingerprint density at radius 3 is 2.68 bits per heavy atom. The van der Waals surface area contributed by atoms with Crippen molar-refractivity contribution >= 4 is 6.03 Å². The molecule has 0 aliphatic heterocycles. The van der Waals surface area contributed by atoms with Crippen molar-refractivity contribution in [2.45, 2.75) is 52.3 Å². The Kier molecular flexibility index (Phi) is 5.06. The fraction of sp³-hybridized carbons (Fsp3) is 0.647. The molecule has 1 heterocycles. The topological polar surface area (TPSA) is 54.5 Å². The van der Waals surface area contributed by atoms with E-state index in [1.54, 1.807) is 17.3 Å². The van der Waals surface area contributed by atoms with Crippen molar-refractivity contribution in [3.8, 4) is 0 Å². The zero-order valence-electron chi connectivity index (χ0n) is 14.2.